The number of hydrogen-bond acceptors (Lipinski definition) is 4. The van der Waals surface area contributed by atoms with Gasteiger partial charge >= 0.3 is 0 Å². The number of aromatic nitrogens is 3. The van der Waals surface area contributed by atoms with E-state index in [-0.39, 0.29) is 5.91 Å². The first-order valence-corrected chi connectivity index (χ1v) is 8.81. The summed E-state index contributed by atoms with van der Waals surface area (Å²) in [6.45, 7) is 2.88. The van der Waals surface area contributed by atoms with Gasteiger partial charge in [0.2, 0.25) is 5.91 Å². The van der Waals surface area contributed by atoms with Gasteiger partial charge in [-0.2, -0.15) is 0 Å². The van der Waals surface area contributed by atoms with Crippen molar-refractivity contribution in [3.63, 3.8) is 0 Å². The number of carbonyl (C=O) groups excluding carboxylic acids is 1. The number of thioether (sulfide) groups is 1. The normalized spacial score (nSPS) is 10.7. The highest BCUT2D eigenvalue weighted by Crippen LogP contribution is 2.19. The Hall–Kier alpha value is -1.82. The Balaban J connectivity index is 1.63. The third kappa shape index (κ3) is 5.71. The van der Waals surface area contributed by atoms with Crippen LogP contribution in [0.3, 0.4) is 0 Å². The van der Waals surface area contributed by atoms with Crippen LogP contribution in [0.2, 0.25) is 0 Å². The molecule has 124 valence electrons. The second-order valence-electron chi connectivity index (χ2n) is 5.69. The summed E-state index contributed by atoms with van der Waals surface area (Å²) in [6.07, 6.45) is 3.77. The van der Waals surface area contributed by atoms with Gasteiger partial charge in [-0.3, -0.25) is 4.79 Å². The Morgan fingerprint density at radius 1 is 1.30 bits per heavy atom. The van der Waals surface area contributed by atoms with Crippen LogP contribution in [-0.4, -0.2) is 44.9 Å². The number of rotatable bonds is 8. The molecule has 2 aromatic rings. The molecule has 1 heterocycles. The molecule has 23 heavy (non-hydrogen) atoms. The number of carbonyl (C=O) groups is 1. The molecule has 0 N–H and O–H groups in total. The number of nitrogens with zero attached hydrogens (tertiary/aromatic N) is 4. The standard InChI is InChI=1S/C17H24N4OS/c1-14-5-7-15(8-6-14)23-12-4-11-20(2)17(22)10-9-16-19-18-13-21(16)3/h5-8,13H,4,9-12H2,1-3H3. The molecule has 6 heteroatoms. The predicted octanol–water partition coefficient (Wildman–Crippen LogP) is 2.70. The van der Waals surface area contributed by atoms with Crippen LogP contribution >= 0.6 is 11.8 Å². The largest absolute Gasteiger partial charge is 0.346 e. The number of benzene rings is 1. The lowest BCUT2D eigenvalue weighted by Crippen LogP contribution is -2.28. The molecule has 0 aliphatic carbocycles. The van der Waals surface area contributed by atoms with Crippen molar-refractivity contribution in [2.75, 3.05) is 19.3 Å². The maximum atomic E-state index is 12.1. The summed E-state index contributed by atoms with van der Waals surface area (Å²) >= 11 is 1.84. The molecule has 0 spiro atoms. The van der Waals surface area contributed by atoms with E-state index in [2.05, 4.69) is 41.4 Å². The second-order valence-corrected chi connectivity index (χ2v) is 6.86. The Morgan fingerprint density at radius 3 is 2.70 bits per heavy atom. The molecule has 0 unspecified atom stereocenters. The van der Waals surface area contributed by atoms with Gasteiger partial charge in [0.05, 0.1) is 0 Å². The molecule has 0 saturated heterocycles. The van der Waals surface area contributed by atoms with Crippen LogP contribution < -0.4 is 0 Å². The van der Waals surface area contributed by atoms with Crippen molar-refractivity contribution < 1.29 is 4.79 Å². The van der Waals surface area contributed by atoms with Gasteiger partial charge in [0.15, 0.2) is 0 Å². The Bertz CT molecular complexity index is 624. The predicted molar refractivity (Wildman–Crippen MR) is 93.5 cm³/mol. The molecular weight excluding hydrogens is 308 g/mol. The van der Waals surface area contributed by atoms with Crippen LogP contribution in [-0.2, 0) is 18.3 Å². The Kier molecular flexibility index (Phi) is 6.65. The van der Waals surface area contributed by atoms with Gasteiger partial charge in [-0.05, 0) is 31.2 Å². The molecule has 2 rings (SSSR count). The monoisotopic (exact) mass is 332 g/mol. The molecule has 1 amide bonds. The van der Waals surface area contributed by atoms with Gasteiger partial charge in [0.1, 0.15) is 12.2 Å². The van der Waals surface area contributed by atoms with Gasteiger partial charge in [-0.15, -0.1) is 22.0 Å². The molecule has 5 nitrogen and oxygen atoms in total. The van der Waals surface area contributed by atoms with Crippen LogP contribution in [0.15, 0.2) is 35.5 Å². The fourth-order valence-electron chi connectivity index (χ4n) is 2.19. The highest BCUT2D eigenvalue weighted by atomic mass is 32.2. The van der Waals surface area contributed by atoms with E-state index in [4.69, 9.17) is 0 Å². The summed E-state index contributed by atoms with van der Waals surface area (Å²) < 4.78 is 1.85. The fourth-order valence-corrected chi connectivity index (χ4v) is 3.03. The fraction of sp³-hybridized carbons (Fsp3) is 0.471. The molecule has 0 fully saturated rings. The summed E-state index contributed by atoms with van der Waals surface area (Å²) in [5, 5.41) is 7.83. The maximum Gasteiger partial charge on any atom is 0.222 e. The van der Waals surface area contributed by atoms with Crippen molar-refractivity contribution >= 4 is 17.7 Å². The lowest BCUT2D eigenvalue weighted by Gasteiger charge is -2.16. The summed E-state index contributed by atoms with van der Waals surface area (Å²) in [7, 11) is 3.77. The summed E-state index contributed by atoms with van der Waals surface area (Å²) in [6, 6.07) is 8.56. The van der Waals surface area contributed by atoms with Crippen molar-refractivity contribution in [2.45, 2.75) is 31.1 Å². The number of amides is 1. The lowest BCUT2D eigenvalue weighted by molar-refractivity contribution is -0.129. The van der Waals surface area contributed by atoms with E-state index in [1.165, 1.54) is 10.5 Å². The van der Waals surface area contributed by atoms with Crippen LogP contribution in [0.5, 0.6) is 0 Å². The van der Waals surface area contributed by atoms with Gasteiger partial charge in [0, 0.05) is 38.4 Å². The first-order valence-electron chi connectivity index (χ1n) is 7.82. The minimum atomic E-state index is 0.160. The summed E-state index contributed by atoms with van der Waals surface area (Å²) in [5.74, 6) is 2.03. The molecule has 0 saturated carbocycles. The molecule has 0 aliphatic heterocycles. The van der Waals surface area contributed by atoms with E-state index < -0.39 is 0 Å². The van der Waals surface area contributed by atoms with Crippen LogP contribution in [0.1, 0.15) is 24.2 Å². The maximum absolute atomic E-state index is 12.1. The highest BCUT2D eigenvalue weighted by molar-refractivity contribution is 7.99. The zero-order valence-corrected chi connectivity index (χ0v) is 14.8. The molecule has 1 aromatic carbocycles. The number of aryl methyl sites for hydroxylation is 3. The lowest BCUT2D eigenvalue weighted by atomic mass is 10.2. The van der Waals surface area contributed by atoms with Crippen LogP contribution in [0, 0.1) is 6.92 Å². The first kappa shape index (κ1) is 17.5. The zero-order valence-electron chi connectivity index (χ0n) is 14.0. The minimum Gasteiger partial charge on any atom is -0.346 e. The average molecular weight is 332 g/mol. The number of hydrogen-bond donors (Lipinski definition) is 0. The summed E-state index contributed by atoms with van der Waals surface area (Å²) in [4.78, 5) is 15.2. The van der Waals surface area contributed by atoms with Gasteiger partial charge < -0.3 is 9.47 Å². The third-order valence-electron chi connectivity index (χ3n) is 3.72. The molecular formula is C17H24N4OS. The highest BCUT2D eigenvalue weighted by Gasteiger charge is 2.10. The van der Waals surface area contributed by atoms with Gasteiger partial charge in [0.25, 0.3) is 0 Å². The molecule has 0 atom stereocenters. The van der Waals surface area contributed by atoms with E-state index in [9.17, 15) is 4.79 Å². The van der Waals surface area contributed by atoms with E-state index in [0.29, 0.717) is 12.8 Å². The van der Waals surface area contributed by atoms with E-state index in [1.54, 1.807) is 6.33 Å². The second kappa shape index (κ2) is 8.72. The molecule has 0 radical (unpaired) electrons. The summed E-state index contributed by atoms with van der Waals surface area (Å²) in [5.41, 5.74) is 1.28. The molecule has 0 aliphatic rings. The Morgan fingerprint density at radius 2 is 2.04 bits per heavy atom. The van der Waals surface area contributed by atoms with Crippen molar-refractivity contribution in [3.8, 4) is 0 Å². The van der Waals surface area contributed by atoms with Crippen molar-refractivity contribution in [1.82, 2.24) is 19.7 Å². The van der Waals surface area contributed by atoms with Crippen LogP contribution in [0.25, 0.3) is 0 Å². The van der Waals surface area contributed by atoms with E-state index in [1.807, 2.05) is 35.3 Å². The van der Waals surface area contributed by atoms with Crippen molar-refractivity contribution in [1.29, 1.82) is 0 Å². The topological polar surface area (TPSA) is 51.0 Å². The van der Waals surface area contributed by atoms with Gasteiger partial charge in [-0.25, -0.2) is 0 Å². The van der Waals surface area contributed by atoms with Crippen molar-refractivity contribution in [2.24, 2.45) is 7.05 Å². The quantitative estimate of drug-likeness (QED) is 0.551. The molecule has 1 aromatic heterocycles. The van der Waals surface area contributed by atoms with E-state index >= 15 is 0 Å². The first-order chi connectivity index (χ1) is 11.1. The molecule has 0 bridgehead atoms. The van der Waals surface area contributed by atoms with E-state index in [0.717, 1.165) is 24.5 Å². The average Bonchev–Trinajstić information content (AvgIpc) is 2.96. The smallest absolute Gasteiger partial charge is 0.222 e. The SMILES string of the molecule is Cc1ccc(SCCCN(C)C(=O)CCc2nncn2C)cc1. The zero-order chi connectivity index (χ0) is 16.7. The Labute approximate surface area is 142 Å². The minimum absolute atomic E-state index is 0.160. The van der Waals surface area contributed by atoms with Gasteiger partial charge in [-0.1, -0.05) is 17.7 Å². The van der Waals surface area contributed by atoms with Crippen LogP contribution in [0.4, 0.5) is 0 Å². The third-order valence-corrected chi connectivity index (χ3v) is 4.82. The van der Waals surface area contributed by atoms with Crippen molar-refractivity contribution in [3.05, 3.63) is 42.0 Å².